The van der Waals surface area contributed by atoms with Gasteiger partial charge in [0.25, 0.3) is 0 Å². The molecular formula is C12H19BN2O3. The van der Waals surface area contributed by atoms with E-state index >= 15 is 0 Å². The lowest BCUT2D eigenvalue weighted by atomic mass is 9.75. The molecule has 0 radical (unpaired) electrons. The minimum atomic E-state index is -1.68. The highest BCUT2D eigenvalue weighted by molar-refractivity contribution is 6.60. The molecule has 0 spiro atoms. The van der Waals surface area contributed by atoms with E-state index in [-0.39, 0.29) is 22.5 Å². The molecular weight excluding hydrogens is 231 g/mol. The van der Waals surface area contributed by atoms with Crippen molar-refractivity contribution in [2.75, 3.05) is 12.3 Å². The fraction of sp³-hybridized carbons (Fsp3) is 0.417. The Balaban J connectivity index is 2.78. The lowest BCUT2D eigenvalue weighted by molar-refractivity contribution is 0.0980. The molecule has 6 N–H and O–H groups in total. The number of hydrogen-bond donors (Lipinski definition) is 4. The zero-order chi connectivity index (χ0) is 13.5. The normalized spacial score (nSPS) is 10.4. The second-order valence-electron chi connectivity index (χ2n) is 4.21. The smallest absolute Gasteiger partial charge is 0.423 e. The van der Waals surface area contributed by atoms with Crippen LogP contribution in [0.5, 0.6) is 0 Å². The first-order valence-electron chi connectivity index (χ1n) is 6.05. The molecule has 1 rings (SSSR count). The van der Waals surface area contributed by atoms with Gasteiger partial charge in [0.1, 0.15) is 0 Å². The van der Waals surface area contributed by atoms with Gasteiger partial charge in [0.15, 0.2) is 5.78 Å². The van der Waals surface area contributed by atoms with Crippen molar-refractivity contribution in [3.8, 4) is 0 Å². The van der Waals surface area contributed by atoms with Gasteiger partial charge in [0, 0.05) is 17.7 Å². The quantitative estimate of drug-likeness (QED) is 0.229. The van der Waals surface area contributed by atoms with Crippen molar-refractivity contribution in [1.29, 1.82) is 0 Å². The summed E-state index contributed by atoms with van der Waals surface area (Å²) in [5.41, 5.74) is 11.8. The fourth-order valence-electron chi connectivity index (χ4n) is 1.86. The zero-order valence-corrected chi connectivity index (χ0v) is 10.3. The van der Waals surface area contributed by atoms with E-state index in [1.54, 1.807) is 12.1 Å². The molecule has 0 aliphatic rings. The first-order chi connectivity index (χ1) is 8.57. The number of carbonyl (C=O) groups is 1. The van der Waals surface area contributed by atoms with Crippen LogP contribution in [0.4, 0.5) is 5.69 Å². The number of nitrogens with two attached hydrogens (primary N) is 2. The Hall–Kier alpha value is -1.37. The summed E-state index contributed by atoms with van der Waals surface area (Å²) in [6.45, 7) is 0.613. The van der Waals surface area contributed by atoms with E-state index in [1.165, 1.54) is 6.07 Å². The summed E-state index contributed by atoms with van der Waals surface area (Å²) >= 11 is 0. The molecule has 0 aliphatic heterocycles. The molecule has 0 saturated carbocycles. The number of Topliss-reactive ketones (excluding diaryl/α,β-unsaturated/α-hetero) is 1. The van der Waals surface area contributed by atoms with Gasteiger partial charge in [-0.05, 0) is 30.9 Å². The van der Waals surface area contributed by atoms with E-state index in [9.17, 15) is 14.8 Å². The Morgan fingerprint density at radius 1 is 1.22 bits per heavy atom. The molecule has 6 heteroatoms. The van der Waals surface area contributed by atoms with Gasteiger partial charge in [-0.3, -0.25) is 4.79 Å². The molecule has 0 fully saturated rings. The van der Waals surface area contributed by atoms with Crippen LogP contribution in [0.1, 0.15) is 36.0 Å². The minimum Gasteiger partial charge on any atom is -0.423 e. The third-order valence-electron chi connectivity index (χ3n) is 2.79. The Labute approximate surface area is 107 Å². The maximum atomic E-state index is 12.0. The van der Waals surface area contributed by atoms with Crippen molar-refractivity contribution in [2.45, 2.75) is 25.7 Å². The highest BCUT2D eigenvalue weighted by Crippen LogP contribution is 2.14. The van der Waals surface area contributed by atoms with Crippen LogP contribution in [0, 0.1) is 0 Å². The van der Waals surface area contributed by atoms with E-state index in [0.717, 1.165) is 19.3 Å². The van der Waals surface area contributed by atoms with Gasteiger partial charge in [0.05, 0.1) is 0 Å². The predicted molar refractivity (Wildman–Crippen MR) is 72.5 cm³/mol. The summed E-state index contributed by atoms with van der Waals surface area (Å²) in [7, 11) is -1.68. The van der Waals surface area contributed by atoms with E-state index < -0.39 is 7.12 Å². The average molecular weight is 250 g/mol. The number of hydrogen-bond acceptors (Lipinski definition) is 5. The monoisotopic (exact) mass is 250 g/mol. The van der Waals surface area contributed by atoms with E-state index in [0.29, 0.717) is 13.0 Å². The third-order valence-corrected chi connectivity index (χ3v) is 2.79. The van der Waals surface area contributed by atoms with Crippen molar-refractivity contribution in [1.82, 2.24) is 0 Å². The third kappa shape index (κ3) is 3.84. The zero-order valence-electron chi connectivity index (χ0n) is 10.3. The van der Waals surface area contributed by atoms with Gasteiger partial charge in [-0.1, -0.05) is 18.6 Å². The van der Waals surface area contributed by atoms with Crippen molar-refractivity contribution >= 4 is 24.1 Å². The van der Waals surface area contributed by atoms with Gasteiger partial charge in [-0.15, -0.1) is 0 Å². The highest BCUT2D eigenvalue weighted by Gasteiger charge is 2.21. The SMILES string of the molecule is NCCCCCC(=O)c1c(N)cccc1B(O)O. The lowest BCUT2D eigenvalue weighted by Gasteiger charge is -2.10. The molecule has 0 aromatic heterocycles. The summed E-state index contributed by atoms with van der Waals surface area (Å²) < 4.78 is 0. The van der Waals surface area contributed by atoms with Crippen molar-refractivity contribution < 1.29 is 14.8 Å². The lowest BCUT2D eigenvalue weighted by Crippen LogP contribution is -2.35. The summed E-state index contributed by atoms with van der Waals surface area (Å²) in [6.07, 6.45) is 2.83. The molecule has 0 heterocycles. The van der Waals surface area contributed by atoms with Crippen LogP contribution < -0.4 is 16.9 Å². The Morgan fingerprint density at radius 2 is 1.94 bits per heavy atom. The molecule has 98 valence electrons. The maximum Gasteiger partial charge on any atom is 0.489 e. The van der Waals surface area contributed by atoms with Crippen molar-refractivity contribution in [2.24, 2.45) is 5.73 Å². The number of unbranched alkanes of at least 4 members (excludes halogenated alkanes) is 2. The molecule has 18 heavy (non-hydrogen) atoms. The first kappa shape index (κ1) is 14.7. The Bertz CT molecular complexity index is 410. The second kappa shape index (κ2) is 7.15. The van der Waals surface area contributed by atoms with Crippen molar-refractivity contribution in [3.05, 3.63) is 23.8 Å². The number of rotatable bonds is 7. The molecule has 0 bridgehead atoms. The standard InChI is InChI=1S/C12H19BN2O3/c14-8-3-1-2-7-11(16)12-9(13(17)18)5-4-6-10(12)15/h4-6,17-18H,1-3,7-8,14-15H2. The highest BCUT2D eigenvalue weighted by atomic mass is 16.4. The van der Waals surface area contributed by atoms with Crippen LogP contribution in [0.2, 0.25) is 0 Å². The summed E-state index contributed by atoms with van der Waals surface area (Å²) in [6, 6.07) is 4.67. The average Bonchev–Trinajstić information content (AvgIpc) is 2.34. The summed E-state index contributed by atoms with van der Waals surface area (Å²) in [5.74, 6) is -0.159. The van der Waals surface area contributed by atoms with Gasteiger partial charge >= 0.3 is 7.12 Å². The molecule has 0 aliphatic carbocycles. The number of anilines is 1. The van der Waals surface area contributed by atoms with Gasteiger partial charge < -0.3 is 21.5 Å². The maximum absolute atomic E-state index is 12.0. The van der Waals surface area contributed by atoms with E-state index in [2.05, 4.69) is 0 Å². The molecule has 0 unspecified atom stereocenters. The van der Waals surface area contributed by atoms with Crippen LogP contribution in [0.25, 0.3) is 0 Å². The van der Waals surface area contributed by atoms with Gasteiger partial charge in [0.2, 0.25) is 0 Å². The summed E-state index contributed by atoms with van der Waals surface area (Å²) in [5, 5.41) is 18.4. The van der Waals surface area contributed by atoms with E-state index in [1.807, 2.05) is 0 Å². The summed E-state index contributed by atoms with van der Waals surface area (Å²) in [4.78, 5) is 12.0. The molecule has 1 aromatic carbocycles. The molecule has 0 saturated heterocycles. The van der Waals surface area contributed by atoms with Gasteiger partial charge in [-0.25, -0.2) is 0 Å². The first-order valence-corrected chi connectivity index (χ1v) is 6.05. The topological polar surface area (TPSA) is 110 Å². The van der Waals surface area contributed by atoms with Crippen molar-refractivity contribution in [3.63, 3.8) is 0 Å². The molecule has 5 nitrogen and oxygen atoms in total. The number of benzene rings is 1. The largest absolute Gasteiger partial charge is 0.489 e. The molecule has 0 atom stereocenters. The van der Waals surface area contributed by atoms with Crippen LogP contribution in [0.3, 0.4) is 0 Å². The van der Waals surface area contributed by atoms with Crippen LogP contribution in [0.15, 0.2) is 18.2 Å². The van der Waals surface area contributed by atoms with E-state index in [4.69, 9.17) is 11.5 Å². The predicted octanol–water partition coefficient (Wildman–Crippen LogP) is -0.350. The van der Waals surface area contributed by atoms with Crippen LogP contribution >= 0.6 is 0 Å². The second-order valence-corrected chi connectivity index (χ2v) is 4.21. The Kier molecular flexibility index (Phi) is 5.84. The fourth-order valence-corrected chi connectivity index (χ4v) is 1.86. The minimum absolute atomic E-state index is 0.159. The number of carbonyl (C=O) groups excluding carboxylic acids is 1. The molecule has 0 amide bonds. The van der Waals surface area contributed by atoms with Crippen LogP contribution in [-0.4, -0.2) is 29.5 Å². The van der Waals surface area contributed by atoms with Crippen LogP contribution in [-0.2, 0) is 0 Å². The number of nitrogen functional groups attached to an aromatic ring is 1. The van der Waals surface area contributed by atoms with Gasteiger partial charge in [-0.2, -0.15) is 0 Å². The Morgan fingerprint density at radius 3 is 2.56 bits per heavy atom. The number of ketones is 1. The molecule has 1 aromatic rings.